The molecule has 2 heterocycles. The average molecular weight is 494 g/mol. The van der Waals surface area contributed by atoms with Gasteiger partial charge in [-0.1, -0.05) is 13.0 Å². The number of pyridine rings is 1. The van der Waals surface area contributed by atoms with Crippen molar-refractivity contribution in [1.29, 1.82) is 0 Å². The van der Waals surface area contributed by atoms with Gasteiger partial charge in [0.25, 0.3) is 0 Å². The molecule has 8 heteroatoms. The van der Waals surface area contributed by atoms with Gasteiger partial charge in [0.05, 0.1) is 13.2 Å². The van der Waals surface area contributed by atoms with E-state index < -0.39 is 0 Å². The molecule has 1 N–H and O–H groups in total. The molecule has 26 heavy (non-hydrogen) atoms. The fraction of sp³-hybridized carbons (Fsp3) is 0.667. The van der Waals surface area contributed by atoms with E-state index in [-0.39, 0.29) is 24.0 Å². The number of aromatic nitrogens is 1. The molecule has 1 aliphatic heterocycles. The highest BCUT2D eigenvalue weighted by Gasteiger charge is 2.21. The molecule has 148 valence electrons. The summed E-state index contributed by atoms with van der Waals surface area (Å²) in [7, 11) is 1.66. The third kappa shape index (κ3) is 7.48. The monoisotopic (exact) mass is 494 g/mol. The Hall–Kier alpha value is -0.740. The standard InChI is InChI=1S/C18H30N4O2S.HI/c1-4-16-14-22(9-12-25-16)18(19-5-2)21-13-15-7-6-8-20-17(15)24-11-10-23-3;/h6-8,16H,4-5,9-14H2,1-3H3,(H,19,21);1H. The van der Waals surface area contributed by atoms with E-state index in [1.165, 1.54) is 6.42 Å². The predicted molar refractivity (Wildman–Crippen MR) is 120 cm³/mol. The Morgan fingerprint density at radius 2 is 2.27 bits per heavy atom. The summed E-state index contributed by atoms with van der Waals surface area (Å²) in [5, 5.41) is 4.11. The summed E-state index contributed by atoms with van der Waals surface area (Å²) < 4.78 is 10.7. The van der Waals surface area contributed by atoms with Gasteiger partial charge in [-0.25, -0.2) is 9.98 Å². The van der Waals surface area contributed by atoms with Crippen molar-refractivity contribution in [2.45, 2.75) is 32.1 Å². The Morgan fingerprint density at radius 3 is 3.00 bits per heavy atom. The van der Waals surface area contributed by atoms with Crippen molar-refractivity contribution in [3.63, 3.8) is 0 Å². The lowest BCUT2D eigenvalue weighted by Crippen LogP contribution is -2.48. The molecule has 2 rings (SSSR count). The highest BCUT2D eigenvalue weighted by molar-refractivity contribution is 14.0. The van der Waals surface area contributed by atoms with Crippen molar-refractivity contribution in [1.82, 2.24) is 15.2 Å². The van der Waals surface area contributed by atoms with E-state index in [2.05, 4.69) is 40.8 Å². The maximum Gasteiger partial charge on any atom is 0.218 e. The first-order chi connectivity index (χ1) is 12.3. The molecule has 1 saturated heterocycles. The highest BCUT2D eigenvalue weighted by atomic mass is 127. The molecule has 0 spiro atoms. The van der Waals surface area contributed by atoms with Crippen molar-refractivity contribution in [3.8, 4) is 5.88 Å². The molecule has 0 amide bonds. The zero-order chi connectivity index (χ0) is 17.9. The molecule has 0 aliphatic carbocycles. The fourth-order valence-corrected chi connectivity index (χ4v) is 3.82. The van der Waals surface area contributed by atoms with Crippen LogP contribution in [0.5, 0.6) is 5.88 Å². The van der Waals surface area contributed by atoms with Crippen LogP contribution in [0.1, 0.15) is 25.8 Å². The van der Waals surface area contributed by atoms with E-state index in [4.69, 9.17) is 14.5 Å². The Kier molecular flexibility index (Phi) is 12.0. The van der Waals surface area contributed by atoms with Crippen LogP contribution in [0.15, 0.2) is 23.3 Å². The Morgan fingerprint density at radius 1 is 1.42 bits per heavy atom. The molecule has 0 bridgehead atoms. The summed E-state index contributed by atoms with van der Waals surface area (Å²) in [4.78, 5) is 11.5. The predicted octanol–water partition coefficient (Wildman–Crippen LogP) is 3.02. The van der Waals surface area contributed by atoms with Crippen LogP contribution in [-0.2, 0) is 11.3 Å². The van der Waals surface area contributed by atoms with Gasteiger partial charge in [-0.05, 0) is 19.4 Å². The van der Waals surface area contributed by atoms with Crippen molar-refractivity contribution < 1.29 is 9.47 Å². The lowest BCUT2D eigenvalue weighted by atomic mass is 10.2. The van der Waals surface area contributed by atoms with Crippen LogP contribution in [0.3, 0.4) is 0 Å². The number of thioether (sulfide) groups is 1. The third-order valence-electron chi connectivity index (χ3n) is 4.00. The smallest absolute Gasteiger partial charge is 0.218 e. The molecule has 1 atom stereocenters. The molecule has 0 saturated carbocycles. The molecule has 1 fully saturated rings. The van der Waals surface area contributed by atoms with Crippen LogP contribution in [0.2, 0.25) is 0 Å². The van der Waals surface area contributed by atoms with Gasteiger partial charge >= 0.3 is 0 Å². The minimum atomic E-state index is 0. The van der Waals surface area contributed by atoms with Crippen LogP contribution < -0.4 is 10.1 Å². The number of aliphatic imine (C=N–C) groups is 1. The number of methoxy groups -OCH3 is 1. The summed E-state index contributed by atoms with van der Waals surface area (Å²) in [6, 6.07) is 3.94. The summed E-state index contributed by atoms with van der Waals surface area (Å²) in [5.41, 5.74) is 0.993. The number of hydrogen-bond donors (Lipinski definition) is 1. The van der Waals surface area contributed by atoms with Crippen LogP contribution in [0.25, 0.3) is 0 Å². The molecule has 0 aromatic carbocycles. The maximum absolute atomic E-state index is 5.71. The second-order valence-electron chi connectivity index (χ2n) is 5.83. The number of nitrogens with zero attached hydrogens (tertiary/aromatic N) is 3. The van der Waals surface area contributed by atoms with Gasteiger partial charge in [-0.3, -0.25) is 0 Å². The van der Waals surface area contributed by atoms with Crippen molar-refractivity contribution in [2.75, 3.05) is 45.7 Å². The number of ether oxygens (including phenoxy) is 2. The molecule has 1 aliphatic rings. The van der Waals surface area contributed by atoms with E-state index in [0.29, 0.717) is 30.9 Å². The van der Waals surface area contributed by atoms with E-state index in [1.807, 2.05) is 12.1 Å². The summed E-state index contributed by atoms with van der Waals surface area (Å²) in [6.45, 7) is 8.91. The highest BCUT2D eigenvalue weighted by Crippen LogP contribution is 2.21. The SMILES string of the molecule is CCNC(=NCc1cccnc1OCCOC)N1CCSC(CC)C1.I. The molecule has 1 aromatic heterocycles. The molecule has 0 radical (unpaired) electrons. The lowest BCUT2D eigenvalue weighted by molar-refractivity contribution is 0.143. The van der Waals surface area contributed by atoms with E-state index in [9.17, 15) is 0 Å². The first-order valence-electron chi connectivity index (χ1n) is 8.98. The average Bonchev–Trinajstić information content (AvgIpc) is 2.66. The minimum Gasteiger partial charge on any atom is -0.475 e. The Labute approximate surface area is 178 Å². The van der Waals surface area contributed by atoms with E-state index in [0.717, 1.165) is 36.9 Å². The lowest BCUT2D eigenvalue weighted by Gasteiger charge is -2.34. The maximum atomic E-state index is 5.71. The molecule has 1 unspecified atom stereocenters. The number of nitrogens with one attached hydrogen (secondary N) is 1. The van der Waals surface area contributed by atoms with Gasteiger partial charge in [0.15, 0.2) is 5.96 Å². The van der Waals surface area contributed by atoms with Crippen LogP contribution in [-0.4, -0.2) is 66.8 Å². The van der Waals surface area contributed by atoms with Crippen LogP contribution in [0, 0.1) is 0 Å². The topological polar surface area (TPSA) is 59.0 Å². The molecular formula is C18H31IN4O2S. The number of halogens is 1. The summed E-state index contributed by atoms with van der Waals surface area (Å²) in [5.74, 6) is 2.77. The van der Waals surface area contributed by atoms with Gasteiger partial charge < -0.3 is 19.7 Å². The van der Waals surface area contributed by atoms with Crippen LogP contribution >= 0.6 is 35.7 Å². The van der Waals surface area contributed by atoms with Crippen molar-refractivity contribution >= 4 is 41.7 Å². The van der Waals surface area contributed by atoms with Crippen molar-refractivity contribution in [2.24, 2.45) is 4.99 Å². The van der Waals surface area contributed by atoms with Gasteiger partial charge in [0.2, 0.25) is 5.88 Å². The Bertz CT molecular complexity index is 548. The molecular weight excluding hydrogens is 463 g/mol. The second-order valence-corrected chi connectivity index (χ2v) is 7.23. The van der Waals surface area contributed by atoms with Gasteiger partial charge in [-0.15, -0.1) is 24.0 Å². The van der Waals surface area contributed by atoms with Gasteiger partial charge in [-0.2, -0.15) is 11.8 Å². The first-order valence-corrected chi connectivity index (χ1v) is 10.0. The van der Waals surface area contributed by atoms with Gasteiger partial charge in [0, 0.05) is 49.5 Å². The normalized spacial score (nSPS) is 17.6. The Balaban J connectivity index is 0.00000338. The van der Waals surface area contributed by atoms with Gasteiger partial charge in [0.1, 0.15) is 6.61 Å². The zero-order valence-electron chi connectivity index (χ0n) is 15.9. The third-order valence-corrected chi connectivity index (χ3v) is 5.38. The quantitative estimate of drug-likeness (QED) is 0.260. The molecule has 1 aromatic rings. The summed E-state index contributed by atoms with van der Waals surface area (Å²) in [6.07, 6.45) is 2.94. The molecule has 6 nitrogen and oxygen atoms in total. The minimum absolute atomic E-state index is 0. The summed E-state index contributed by atoms with van der Waals surface area (Å²) >= 11 is 2.06. The van der Waals surface area contributed by atoms with Crippen LogP contribution in [0.4, 0.5) is 0 Å². The van der Waals surface area contributed by atoms with Crippen molar-refractivity contribution in [3.05, 3.63) is 23.9 Å². The largest absolute Gasteiger partial charge is 0.475 e. The number of rotatable bonds is 8. The van der Waals surface area contributed by atoms with E-state index in [1.54, 1.807) is 13.3 Å². The number of guanidine groups is 1. The number of hydrogen-bond acceptors (Lipinski definition) is 5. The second kappa shape index (κ2) is 13.4. The van der Waals surface area contributed by atoms with E-state index >= 15 is 0 Å². The first kappa shape index (κ1) is 23.3. The fourth-order valence-electron chi connectivity index (χ4n) is 2.64. The zero-order valence-corrected chi connectivity index (χ0v) is 19.1.